The van der Waals surface area contributed by atoms with E-state index in [4.69, 9.17) is 18.9 Å². The van der Waals surface area contributed by atoms with E-state index in [9.17, 15) is 0 Å². The predicted octanol–water partition coefficient (Wildman–Crippen LogP) is 0.422. The minimum Gasteiger partial charge on any atom is -0.493 e. The molecule has 0 atom stereocenters. The summed E-state index contributed by atoms with van der Waals surface area (Å²) in [6.07, 6.45) is 0. The van der Waals surface area contributed by atoms with Gasteiger partial charge in [0.2, 0.25) is 5.75 Å². The number of rotatable bonds is 8. The third kappa shape index (κ3) is 3.51. The van der Waals surface area contributed by atoms with Crippen LogP contribution in [0.4, 0.5) is 0 Å². The molecule has 0 bridgehead atoms. The van der Waals surface area contributed by atoms with Crippen molar-refractivity contribution in [2.45, 2.75) is 6.54 Å². The van der Waals surface area contributed by atoms with E-state index in [0.717, 1.165) is 31.0 Å². The number of benzene rings is 1. The van der Waals surface area contributed by atoms with Crippen LogP contribution in [0.1, 0.15) is 5.56 Å². The molecule has 0 aliphatic carbocycles. The molecule has 0 unspecified atom stereocenters. The summed E-state index contributed by atoms with van der Waals surface area (Å²) in [5, 5.41) is 2.16. The third-order valence-corrected chi connectivity index (χ3v) is 2.68. The van der Waals surface area contributed by atoms with Crippen LogP contribution in [0.3, 0.4) is 0 Å². The van der Waals surface area contributed by atoms with E-state index >= 15 is 0 Å². The van der Waals surface area contributed by atoms with E-state index in [1.54, 1.807) is 28.4 Å². The van der Waals surface area contributed by atoms with Gasteiger partial charge in [-0.1, -0.05) is 0 Å². The topological polar surface area (TPSA) is 53.5 Å². The number of hydrogen-bond donors (Lipinski definition) is 1. The Kier molecular flexibility index (Phi) is 6.32. The van der Waals surface area contributed by atoms with Gasteiger partial charge in [-0.3, -0.25) is 0 Å². The Morgan fingerprint density at radius 2 is 1.67 bits per heavy atom. The van der Waals surface area contributed by atoms with Gasteiger partial charge in [0.1, 0.15) is 6.54 Å². The molecule has 2 N–H and O–H groups in total. The standard InChI is InChI=1S/C13H21NO4/c1-15-8-7-14-9-10-5-6-11(16-2)13(18-4)12(10)17-3/h5-6,14H,7-9H2,1-4H3/p+1. The van der Waals surface area contributed by atoms with Crippen molar-refractivity contribution in [3.8, 4) is 17.2 Å². The van der Waals surface area contributed by atoms with Crippen LogP contribution in [0, 0.1) is 0 Å². The van der Waals surface area contributed by atoms with Gasteiger partial charge in [-0.25, -0.2) is 0 Å². The summed E-state index contributed by atoms with van der Waals surface area (Å²) >= 11 is 0. The van der Waals surface area contributed by atoms with Crippen LogP contribution in [0.15, 0.2) is 12.1 Å². The molecule has 0 aliphatic heterocycles. The molecular formula is C13H22NO4+. The molecule has 0 fully saturated rings. The normalized spacial score (nSPS) is 10.2. The van der Waals surface area contributed by atoms with Gasteiger partial charge in [0, 0.05) is 7.11 Å². The highest BCUT2D eigenvalue weighted by molar-refractivity contribution is 5.55. The fraction of sp³-hybridized carbons (Fsp3) is 0.538. The van der Waals surface area contributed by atoms with Crippen molar-refractivity contribution in [2.24, 2.45) is 0 Å². The van der Waals surface area contributed by atoms with Gasteiger partial charge in [-0.2, -0.15) is 0 Å². The zero-order valence-electron chi connectivity index (χ0n) is 11.5. The van der Waals surface area contributed by atoms with Crippen molar-refractivity contribution < 1.29 is 24.3 Å². The number of methoxy groups -OCH3 is 4. The summed E-state index contributed by atoms with van der Waals surface area (Å²) in [6.45, 7) is 2.45. The zero-order valence-corrected chi connectivity index (χ0v) is 11.5. The zero-order chi connectivity index (χ0) is 13.4. The second-order valence-electron chi connectivity index (χ2n) is 3.77. The third-order valence-electron chi connectivity index (χ3n) is 2.68. The van der Waals surface area contributed by atoms with Crippen LogP contribution in [0.25, 0.3) is 0 Å². The van der Waals surface area contributed by atoms with E-state index in [1.807, 2.05) is 12.1 Å². The van der Waals surface area contributed by atoms with E-state index in [1.165, 1.54) is 0 Å². The quantitative estimate of drug-likeness (QED) is 0.685. The van der Waals surface area contributed by atoms with Crippen molar-refractivity contribution in [3.05, 3.63) is 17.7 Å². The van der Waals surface area contributed by atoms with E-state index in [0.29, 0.717) is 11.5 Å². The van der Waals surface area contributed by atoms with Gasteiger partial charge < -0.3 is 24.3 Å². The van der Waals surface area contributed by atoms with Crippen molar-refractivity contribution in [1.29, 1.82) is 0 Å². The molecule has 0 saturated heterocycles. The van der Waals surface area contributed by atoms with Crippen LogP contribution in [-0.4, -0.2) is 41.6 Å². The Morgan fingerprint density at radius 1 is 0.944 bits per heavy atom. The molecule has 1 aromatic carbocycles. The minimum atomic E-state index is 0.637. The predicted molar refractivity (Wildman–Crippen MR) is 68.5 cm³/mol. The van der Waals surface area contributed by atoms with Gasteiger partial charge in [0.05, 0.1) is 40.0 Å². The molecule has 18 heavy (non-hydrogen) atoms. The number of ether oxygens (including phenoxy) is 4. The first kappa shape index (κ1) is 14.6. The van der Waals surface area contributed by atoms with E-state index in [-0.39, 0.29) is 0 Å². The second-order valence-corrected chi connectivity index (χ2v) is 3.77. The smallest absolute Gasteiger partial charge is 0.203 e. The maximum Gasteiger partial charge on any atom is 0.203 e. The van der Waals surface area contributed by atoms with E-state index < -0.39 is 0 Å². The average molecular weight is 256 g/mol. The molecule has 5 heteroatoms. The van der Waals surface area contributed by atoms with Crippen molar-refractivity contribution in [1.82, 2.24) is 0 Å². The van der Waals surface area contributed by atoms with Crippen molar-refractivity contribution in [3.63, 3.8) is 0 Å². The Hall–Kier alpha value is -1.46. The Bertz CT molecular complexity index is 368. The lowest BCUT2D eigenvalue weighted by Crippen LogP contribution is -2.83. The Morgan fingerprint density at radius 3 is 2.22 bits per heavy atom. The average Bonchev–Trinajstić information content (AvgIpc) is 2.42. The molecular weight excluding hydrogens is 234 g/mol. The monoisotopic (exact) mass is 256 g/mol. The van der Waals surface area contributed by atoms with Gasteiger partial charge in [0.15, 0.2) is 11.5 Å². The van der Waals surface area contributed by atoms with Crippen LogP contribution in [-0.2, 0) is 11.3 Å². The number of nitrogens with two attached hydrogens (primary N) is 1. The number of hydrogen-bond acceptors (Lipinski definition) is 4. The lowest BCUT2D eigenvalue weighted by atomic mass is 10.1. The molecule has 0 amide bonds. The highest BCUT2D eigenvalue weighted by atomic mass is 16.5. The first-order valence-corrected chi connectivity index (χ1v) is 5.86. The van der Waals surface area contributed by atoms with Gasteiger partial charge in [-0.05, 0) is 12.1 Å². The first-order chi connectivity index (χ1) is 8.78. The van der Waals surface area contributed by atoms with Crippen LogP contribution in [0.5, 0.6) is 17.2 Å². The molecule has 102 valence electrons. The largest absolute Gasteiger partial charge is 0.493 e. The summed E-state index contributed by atoms with van der Waals surface area (Å²) in [4.78, 5) is 0. The highest BCUT2D eigenvalue weighted by Gasteiger charge is 2.16. The van der Waals surface area contributed by atoms with Gasteiger partial charge in [0.25, 0.3) is 0 Å². The van der Waals surface area contributed by atoms with Gasteiger partial charge >= 0.3 is 0 Å². The fourth-order valence-electron chi connectivity index (χ4n) is 1.78. The summed E-state index contributed by atoms with van der Waals surface area (Å²) in [5.74, 6) is 2.04. The maximum atomic E-state index is 5.41. The summed E-state index contributed by atoms with van der Waals surface area (Å²) in [6, 6.07) is 3.88. The minimum absolute atomic E-state index is 0.637. The molecule has 0 radical (unpaired) electrons. The van der Waals surface area contributed by atoms with Gasteiger partial charge in [-0.15, -0.1) is 0 Å². The molecule has 5 nitrogen and oxygen atoms in total. The summed E-state index contributed by atoms with van der Waals surface area (Å²) < 4.78 is 21.0. The molecule has 0 heterocycles. The molecule has 0 saturated carbocycles. The molecule has 0 aliphatic rings. The van der Waals surface area contributed by atoms with Crippen LogP contribution >= 0.6 is 0 Å². The van der Waals surface area contributed by atoms with Crippen molar-refractivity contribution >= 4 is 0 Å². The second kappa shape index (κ2) is 7.79. The molecule has 1 rings (SSSR count). The Balaban J connectivity index is 2.84. The van der Waals surface area contributed by atoms with Crippen LogP contribution in [0.2, 0.25) is 0 Å². The SMILES string of the molecule is COCC[NH2+]Cc1ccc(OC)c(OC)c1OC. The van der Waals surface area contributed by atoms with E-state index in [2.05, 4.69) is 5.32 Å². The lowest BCUT2D eigenvalue weighted by molar-refractivity contribution is -0.671. The maximum absolute atomic E-state index is 5.41. The summed E-state index contributed by atoms with van der Waals surface area (Å²) in [5.41, 5.74) is 1.08. The fourth-order valence-corrected chi connectivity index (χ4v) is 1.78. The summed E-state index contributed by atoms with van der Waals surface area (Å²) in [7, 11) is 6.56. The van der Waals surface area contributed by atoms with Crippen molar-refractivity contribution in [2.75, 3.05) is 41.6 Å². The molecule has 1 aromatic rings. The van der Waals surface area contributed by atoms with Crippen LogP contribution < -0.4 is 19.5 Å². The number of quaternary nitrogens is 1. The molecule has 0 spiro atoms. The highest BCUT2D eigenvalue weighted by Crippen LogP contribution is 2.39. The lowest BCUT2D eigenvalue weighted by Gasteiger charge is -2.15. The molecule has 0 aromatic heterocycles. The Labute approximate surface area is 108 Å². The first-order valence-electron chi connectivity index (χ1n) is 5.86.